The number of rotatable bonds is 5. The van der Waals surface area contributed by atoms with Crippen LogP contribution >= 0.6 is 0 Å². The number of Topliss-reactive ketones (excluding diaryl/α,β-unsaturated/α-hetero) is 1. The molecular formula is C23H32N2O4Si. The van der Waals surface area contributed by atoms with Gasteiger partial charge in [-0.3, -0.25) is 14.6 Å². The van der Waals surface area contributed by atoms with E-state index in [0.717, 1.165) is 5.76 Å². The van der Waals surface area contributed by atoms with Crippen LogP contribution < -0.4 is 0 Å². The van der Waals surface area contributed by atoms with Crippen LogP contribution in [0.4, 0.5) is 4.79 Å². The first kappa shape index (κ1) is 21.1. The van der Waals surface area contributed by atoms with Crippen molar-refractivity contribution in [2.24, 2.45) is 0 Å². The number of carbonyl (C=O) groups excluding carboxylic acids is 2. The van der Waals surface area contributed by atoms with Gasteiger partial charge in [0.1, 0.15) is 18.3 Å². The number of cyclic esters (lactones) is 1. The van der Waals surface area contributed by atoms with Crippen molar-refractivity contribution in [3.8, 4) is 0 Å². The fraction of sp³-hybridized carbons (Fsp3) is 0.565. The average molecular weight is 429 g/mol. The zero-order chi connectivity index (χ0) is 21.9. The summed E-state index contributed by atoms with van der Waals surface area (Å²) in [5.41, 5.74) is 0.0182. The van der Waals surface area contributed by atoms with Gasteiger partial charge in [-0.1, -0.05) is 51.1 Å². The van der Waals surface area contributed by atoms with Gasteiger partial charge in [-0.25, -0.2) is 4.79 Å². The number of benzene rings is 1. The van der Waals surface area contributed by atoms with Crippen molar-refractivity contribution >= 4 is 20.2 Å². The van der Waals surface area contributed by atoms with Gasteiger partial charge >= 0.3 is 6.09 Å². The summed E-state index contributed by atoms with van der Waals surface area (Å²) < 4.78 is 11.9. The molecule has 4 atom stereocenters. The van der Waals surface area contributed by atoms with Gasteiger partial charge in [0.15, 0.2) is 5.78 Å². The van der Waals surface area contributed by atoms with Gasteiger partial charge in [0.25, 0.3) is 0 Å². The monoisotopic (exact) mass is 428 g/mol. The third-order valence-corrected chi connectivity index (χ3v) is 11.7. The number of amides is 1. The summed E-state index contributed by atoms with van der Waals surface area (Å²) in [6.45, 7) is 14.0. The summed E-state index contributed by atoms with van der Waals surface area (Å²) in [5, 5.41) is 0.0405. The lowest BCUT2D eigenvalue weighted by Gasteiger charge is -2.40. The first-order chi connectivity index (χ1) is 14.0. The van der Waals surface area contributed by atoms with E-state index in [1.165, 1.54) is 0 Å². The van der Waals surface area contributed by atoms with Crippen molar-refractivity contribution in [3.05, 3.63) is 47.7 Å². The minimum absolute atomic E-state index is 0.0142. The summed E-state index contributed by atoms with van der Waals surface area (Å²) in [6, 6.07) is 9.45. The lowest BCUT2D eigenvalue weighted by molar-refractivity contribution is 0.0821. The first-order valence-electron chi connectivity index (χ1n) is 10.7. The second-order valence-corrected chi connectivity index (χ2v) is 14.8. The highest BCUT2D eigenvalue weighted by Crippen LogP contribution is 2.54. The molecule has 0 saturated carbocycles. The van der Waals surface area contributed by atoms with Crippen molar-refractivity contribution in [2.45, 2.75) is 70.0 Å². The van der Waals surface area contributed by atoms with Gasteiger partial charge in [-0.15, -0.1) is 0 Å². The molecule has 0 aromatic heterocycles. The molecule has 0 spiro atoms. The molecule has 1 aromatic rings. The van der Waals surface area contributed by atoms with Gasteiger partial charge in [0.2, 0.25) is 8.32 Å². The predicted molar refractivity (Wildman–Crippen MR) is 118 cm³/mol. The molecule has 2 fully saturated rings. The van der Waals surface area contributed by atoms with E-state index in [0.29, 0.717) is 25.1 Å². The fourth-order valence-corrected chi connectivity index (χ4v) is 5.55. The van der Waals surface area contributed by atoms with Gasteiger partial charge in [0.05, 0.1) is 12.3 Å². The van der Waals surface area contributed by atoms with Crippen LogP contribution in [0.5, 0.6) is 0 Å². The Bertz CT molecular complexity index is 892. The number of ketones is 1. The van der Waals surface area contributed by atoms with Crippen LogP contribution in [0, 0.1) is 0 Å². The van der Waals surface area contributed by atoms with Crippen molar-refractivity contribution in [1.82, 2.24) is 9.80 Å². The standard InChI is InChI=1S/C23H32N2O4Si/c1-16-23(20(26)17-10-8-7-9-11-17)15-18(29-30(5,6)22(2,3)4)14-19(25(16)23)24-12-13-28-21(24)27/h7-11,14,16,19H,12-13,15H2,1-6H3/t16-,19+,23-,25?/m1/s1. The highest BCUT2D eigenvalue weighted by Gasteiger charge is 2.70. The van der Waals surface area contributed by atoms with Gasteiger partial charge in [-0.05, 0) is 31.1 Å². The molecule has 3 aliphatic rings. The Kier molecular flexibility index (Phi) is 4.90. The molecule has 2 saturated heterocycles. The van der Waals surface area contributed by atoms with Gasteiger partial charge in [-0.2, -0.15) is 0 Å². The molecule has 0 radical (unpaired) electrons. The zero-order valence-corrected chi connectivity index (χ0v) is 19.8. The Balaban J connectivity index is 1.72. The molecule has 4 rings (SSSR count). The number of carbonyl (C=O) groups is 2. The van der Waals surface area contributed by atoms with Crippen molar-refractivity contribution in [1.29, 1.82) is 0 Å². The molecule has 3 aliphatic heterocycles. The third-order valence-electron chi connectivity index (χ3n) is 7.30. The molecule has 7 heteroatoms. The summed E-state index contributed by atoms with van der Waals surface area (Å²) in [7, 11) is -2.09. The molecule has 1 amide bonds. The van der Waals surface area contributed by atoms with E-state index in [9.17, 15) is 9.59 Å². The minimum atomic E-state index is -2.09. The lowest BCUT2D eigenvalue weighted by Crippen LogP contribution is -2.49. The van der Waals surface area contributed by atoms with E-state index in [1.807, 2.05) is 36.4 Å². The summed E-state index contributed by atoms with van der Waals surface area (Å²) in [5.74, 6) is 0.925. The summed E-state index contributed by atoms with van der Waals surface area (Å²) in [6.07, 6.45) is 1.92. The Morgan fingerprint density at radius 2 is 1.90 bits per heavy atom. The van der Waals surface area contributed by atoms with Crippen LogP contribution in [0.2, 0.25) is 18.1 Å². The molecule has 0 N–H and O–H groups in total. The van der Waals surface area contributed by atoms with Crippen molar-refractivity contribution in [2.75, 3.05) is 13.2 Å². The number of ether oxygens (including phenoxy) is 1. The average Bonchev–Trinajstić information content (AvgIpc) is 3.04. The molecular weight excluding hydrogens is 396 g/mol. The number of fused-ring (bicyclic) bond motifs is 1. The Hall–Kier alpha value is -2.12. The lowest BCUT2D eigenvalue weighted by atomic mass is 9.89. The maximum atomic E-state index is 13.7. The van der Waals surface area contributed by atoms with Crippen molar-refractivity contribution < 1.29 is 18.8 Å². The van der Waals surface area contributed by atoms with E-state index in [-0.39, 0.29) is 29.1 Å². The minimum Gasteiger partial charge on any atom is -0.547 e. The maximum absolute atomic E-state index is 13.7. The highest BCUT2D eigenvalue weighted by atomic mass is 28.4. The highest BCUT2D eigenvalue weighted by molar-refractivity contribution is 6.74. The van der Waals surface area contributed by atoms with E-state index in [2.05, 4.69) is 45.7 Å². The third kappa shape index (κ3) is 3.19. The van der Waals surface area contributed by atoms with Crippen LogP contribution in [0.1, 0.15) is 44.5 Å². The maximum Gasteiger partial charge on any atom is 0.411 e. The molecule has 6 nitrogen and oxygen atoms in total. The van der Waals surface area contributed by atoms with Crippen molar-refractivity contribution in [3.63, 3.8) is 0 Å². The van der Waals surface area contributed by atoms with Crippen LogP contribution in [0.3, 0.4) is 0 Å². The molecule has 1 aromatic carbocycles. The second kappa shape index (κ2) is 6.95. The van der Waals surface area contributed by atoms with E-state index >= 15 is 0 Å². The Morgan fingerprint density at radius 1 is 1.23 bits per heavy atom. The number of hydrogen-bond acceptors (Lipinski definition) is 5. The van der Waals surface area contributed by atoms with E-state index in [1.54, 1.807) is 4.90 Å². The molecule has 1 unspecified atom stereocenters. The largest absolute Gasteiger partial charge is 0.547 e. The van der Waals surface area contributed by atoms with Crippen LogP contribution in [0.25, 0.3) is 0 Å². The topological polar surface area (TPSA) is 58.9 Å². The smallest absolute Gasteiger partial charge is 0.411 e. The SMILES string of the molecule is C[C@H]1N2[C@H](N3CCOC3=O)C=C(O[Si](C)(C)C(C)(C)C)C[C@]12C(=O)c1ccccc1. The van der Waals surface area contributed by atoms with Gasteiger partial charge in [0, 0.05) is 18.0 Å². The molecule has 162 valence electrons. The molecule has 0 aliphatic carbocycles. The van der Waals surface area contributed by atoms with Gasteiger partial charge < -0.3 is 9.16 Å². The quantitative estimate of drug-likeness (QED) is 0.395. The number of nitrogens with zero attached hydrogens (tertiary/aromatic N) is 2. The summed E-state index contributed by atoms with van der Waals surface area (Å²) >= 11 is 0. The van der Waals surface area contributed by atoms with E-state index < -0.39 is 13.9 Å². The molecule has 0 bridgehead atoms. The first-order valence-corrected chi connectivity index (χ1v) is 13.6. The molecule has 3 heterocycles. The molecule has 30 heavy (non-hydrogen) atoms. The fourth-order valence-electron chi connectivity index (χ4n) is 4.44. The van der Waals surface area contributed by atoms with Crippen LogP contribution in [-0.2, 0) is 9.16 Å². The number of hydrogen-bond donors (Lipinski definition) is 0. The summed E-state index contributed by atoms with van der Waals surface area (Å²) in [4.78, 5) is 29.9. The van der Waals surface area contributed by atoms with Crippen LogP contribution in [-0.4, -0.2) is 60.9 Å². The Labute approximate surface area is 180 Å². The van der Waals surface area contributed by atoms with E-state index in [4.69, 9.17) is 9.16 Å². The normalized spacial score (nSPS) is 31.0. The van der Waals surface area contributed by atoms with Crippen LogP contribution in [0.15, 0.2) is 42.2 Å². The Morgan fingerprint density at radius 3 is 2.47 bits per heavy atom. The predicted octanol–water partition coefficient (Wildman–Crippen LogP) is 4.40. The second-order valence-electron chi connectivity index (χ2n) is 10.1. The zero-order valence-electron chi connectivity index (χ0n) is 18.8.